The predicted octanol–water partition coefficient (Wildman–Crippen LogP) is 0.642. The van der Waals surface area contributed by atoms with E-state index in [0.717, 1.165) is 33.0 Å². The summed E-state index contributed by atoms with van der Waals surface area (Å²) < 4.78 is 11.9. The molecule has 3 N–H and O–H groups in total. The molecule has 0 aromatic heterocycles. The summed E-state index contributed by atoms with van der Waals surface area (Å²) >= 11 is 0. The number of benzene rings is 1. The van der Waals surface area contributed by atoms with Crippen LogP contribution in [0.5, 0.6) is 0 Å². The summed E-state index contributed by atoms with van der Waals surface area (Å²) in [4.78, 5) is 2.49. The van der Waals surface area contributed by atoms with Crippen molar-refractivity contribution < 1.29 is 20.1 Å². The summed E-state index contributed by atoms with van der Waals surface area (Å²) in [5, 5.41) is 7.00. The number of epoxide rings is 1. The van der Waals surface area contributed by atoms with Crippen LogP contribution in [0.1, 0.15) is 18.4 Å². The number of nitrogens with zero attached hydrogens (tertiary/aromatic N) is 1. The standard InChI is InChI=1S/C16H21NO2.CH4O.H2O/c1-17-12-9-15-16(19-15)13(17)10-14(12)18-8-7-11-5-3-2-4-6-11;1-2;/h2-6,12-16H,7-10H2,1H3;2H,1H3;1H2. The molecule has 3 aliphatic rings. The highest BCUT2D eigenvalue weighted by atomic mass is 16.6. The van der Waals surface area contributed by atoms with Gasteiger partial charge in [-0.1, -0.05) is 30.3 Å². The fraction of sp³-hybridized carbons (Fsp3) is 0.647. The van der Waals surface area contributed by atoms with Gasteiger partial charge in [0.2, 0.25) is 0 Å². The zero-order valence-electron chi connectivity index (χ0n) is 13.3. The molecule has 1 aromatic rings. The van der Waals surface area contributed by atoms with Crippen LogP contribution >= 0.6 is 0 Å². The lowest BCUT2D eigenvalue weighted by molar-refractivity contribution is 0.0271. The Kier molecular flexibility index (Phi) is 5.94. The number of piperidine rings is 1. The number of hydrogen-bond acceptors (Lipinski definition) is 4. The first-order valence-electron chi connectivity index (χ1n) is 7.80. The molecule has 0 radical (unpaired) electrons. The number of likely N-dealkylation sites (N-methyl/N-ethyl adjacent to an activating group) is 1. The van der Waals surface area contributed by atoms with E-state index in [1.54, 1.807) is 0 Å². The molecule has 2 bridgehead atoms. The third kappa shape index (κ3) is 3.34. The second-order valence-electron chi connectivity index (χ2n) is 6.06. The number of fused-ring (bicyclic) bond motifs is 4. The maximum absolute atomic E-state index is 7.00. The normalized spacial score (nSPS) is 35.0. The fourth-order valence-electron chi connectivity index (χ4n) is 3.83. The first-order valence-corrected chi connectivity index (χ1v) is 7.80. The van der Waals surface area contributed by atoms with Crippen molar-refractivity contribution in [2.24, 2.45) is 0 Å². The summed E-state index contributed by atoms with van der Waals surface area (Å²) in [6.07, 6.45) is 4.78. The summed E-state index contributed by atoms with van der Waals surface area (Å²) in [5.41, 5.74) is 1.36. The smallest absolute Gasteiger partial charge is 0.0998 e. The third-order valence-electron chi connectivity index (χ3n) is 4.99. The Balaban J connectivity index is 0.000000566. The second-order valence-corrected chi connectivity index (χ2v) is 6.06. The Bertz CT molecular complexity index is 455. The summed E-state index contributed by atoms with van der Waals surface area (Å²) in [6, 6.07) is 11.8. The van der Waals surface area contributed by atoms with Crippen molar-refractivity contribution in [3.8, 4) is 0 Å². The van der Waals surface area contributed by atoms with E-state index < -0.39 is 0 Å². The van der Waals surface area contributed by atoms with E-state index in [2.05, 4.69) is 42.3 Å². The molecule has 0 spiro atoms. The van der Waals surface area contributed by atoms with Gasteiger partial charge < -0.3 is 20.1 Å². The number of aliphatic hydroxyl groups excluding tert-OH is 1. The van der Waals surface area contributed by atoms with Gasteiger partial charge in [0.1, 0.15) is 0 Å². The molecule has 3 saturated heterocycles. The Labute approximate surface area is 132 Å². The van der Waals surface area contributed by atoms with Crippen molar-refractivity contribution in [1.29, 1.82) is 0 Å². The van der Waals surface area contributed by atoms with Crippen LogP contribution in [0.3, 0.4) is 0 Å². The van der Waals surface area contributed by atoms with E-state index in [-0.39, 0.29) is 5.48 Å². The van der Waals surface area contributed by atoms with Crippen LogP contribution in [-0.4, -0.2) is 66.6 Å². The van der Waals surface area contributed by atoms with Gasteiger partial charge in [0, 0.05) is 19.2 Å². The largest absolute Gasteiger partial charge is 0.412 e. The molecule has 0 aliphatic carbocycles. The van der Waals surface area contributed by atoms with Gasteiger partial charge in [-0.15, -0.1) is 0 Å². The molecule has 0 amide bonds. The monoisotopic (exact) mass is 309 g/mol. The Morgan fingerprint density at radius 1 is 1.18 bits per heavy atom. The number of aliphatic hydroxyl groups is 1. The van der Waals surface area contributed by atoms with Crippen LogP contribution in [-0.2, 0) is 15.9 Å². The molecule has 124 valence electrons. The maximum atomic E-state index is 7.00. The van der Waals surface area contributed by atoms with Crippen molar-refractivity contribution in [1.82, 2.24) is 4.90 Å². The number of rotatable bonds is 4. The summed E-state index contributed by atoms with van der Waals surface area (Å²) in [6.45, 7) is 0.835. The quantitative estimate of drug-likeness (QED) is 0.828. The lowest BCUT2D eigenvalue weighted by Crippen LogP contribution is -2.43. The molecule has 3 fully saturated rings. The lowest BCUT2D eigenvalue weighted by Gasteiger charge is -2.29. The zero-order valence-corrected chi connectivity index (χ0v) is 13.3. The van der Waals surface area contributed by atoms with E-state index >= 15 is 0 Å². The van der Waals surface area contributed by atoms with Crippen LogP contribution in [0.25, 0.3) is 0 Å². The summed E-state index contributed by atoms with van der Waals surface area (Å²) in [7, 11) is 3.23. The first-order chi connectivity index (χ1) is 10.3. The SMILES string of the molecule is CN1C2CC3OC3C1CC2OCCc1ccccc1.CO.O. The highest BCUT2D eigenvalue weighted by molar-refractivity contribution is 5.15. The number of hydrogen-bond donors (Lipinski definition) is 1. The lowest BCUT2D eigenvalue weighted by atomic mass is 10.0. The molecular weight excluding hydrogens is 282 g/mol. The van der Waals surface area contributed by atoms with E-state index in [1.165, 1.54) is 5.56 Å². The van der Waals surface area contributed by atoms with Gasteiger partial charge in [0.25, 0.3) is 0 Å². The average Bonchev–Trinajstić information content (AvgIpc) is 3.26. The minimum absolute atomic E-state index is 0. The molecule has 0 saturated carbocycles. The topological polar surface area (TPSA) is 76.7 Å². The van der Waals surface area contributed by atoms with Gasteiger partial charge >= 0.3 is 0 Å². The maximum Gasteiger partial charge on any atom is 0.0998 e. The Morgan fingerprint density at radius 3 is 2.64 bits per heavy atom. The van der Waals surface area contributed by atoms with Crippen LogP contribution in [0.4, 0.5) is 0 Å². The van der Waals surface area contributed by atoms with Crippen LogP contribution in [0.15, 0.2) is 30.3 Å². The van der Waals surface area contributed by atoms with Crippen molar-refractivity contribution in [2.45, 2.75) is 49.7 Å². The molecular formula is C17H27NO4. The van der Waals surface area contributed by atoms with E-state index in [9.17, 15) is 0 Å². The second kappa shape index (κ2) is 7.53. The molecule has 5 atom stereocenters. The van der Waals surface area contributed by atoms with Crippen molar-refractivity contribution in [3.05, 3.63) is 35.9 Å². The molecule has 3 heterocycles. The fourth-order valence-corrected chi connectivity index (χ4v) is 3.83. The van der Waals surface area contributed by atoms with Crippen LogP contribution in [0.2, 0.25) is 0 Å². The number of ether oxygens (including phenoxy) is 2. The highest BCUT2D eigenvalue weighted by Gasteiger charge is 2.59. The molecule has 5 nitrogen and oxygen atoms in total. The zero-order chi connectivity index (χ0) is 14.8. The van der Waals surface area contributed by atoms with Crippen LogP contribution in [0, 0.1) is 0 Å². The van der Waals surface area contributed by atoms with Crippen molar-refractivity contribution in [3.63, 3.8) is 0 Å². The minimum atomic E-state index is 0. The molecule has 3 aliphatic heterocycles. The van der Waals surface area contributed by atoms with Crippen LogP contribution < -0.4 is 0 Å². The molecule has 1 aromatic carbocycles. The van der Waals surface area contributed by atoms with E-state index in [4.69, 9.17) is 14.6 Å². The van der Waals surface area contributed by atoms with Gasteiger partial charge in [-0.3, -0.25) is 4.90 Å². The van der Waals surface area contributed by atoms with E-state index in [0.29, 0.717) is 30.4 Å². The van der Waals surface area contributed by atoms with Gasteiger partial charge in [-0.2, -0.15) is 0 Å². The Morgan fingerprint density at radius 2 is 1.91 bits per heavy atom. The van der Waals surface area contributed by atoms with Crippen molar-refractivity contribution in [2.75, 3.05) is 20.8 Å². The predicted molar refractivity (Wildman–Crippen MR) is 84.9 cm³/mol. The van der Waals surface area contributed by atoms with Gasteiger partial charge in [-0.25, -0.2) is 0 Å². The molecule has 22 heavy (non-hydrogen) atoms. The van der Waals surface area contributed by atoms with Gasteiger partial charge in [0.15, 0.2) is 0 Å². The third-order valence-corrected chi connectivity index (χ3v) is 4.99. The molecule has 4 rings (SSSR count). The average molecular weight is 309 g/mol. The van der Waals surface area contributed by atoms with Crippen molar-refractivity contribution >= 4 is 0 Å². The van der Waals surface area contributed by atoms with E-state index in [1.807, 2.05) is 0 Å². The molecule has 5 unspecified atom stereocenters. The van der Waals surface area contributed by atoms with Gasteiger partial charge in [-0.05, 0) is 31.9 Å². The van der Waals surface area contributed by atoms with Gasteiger partial charge in [0.05, 0.1) is 24.9 Å². The highest BCUT2D eigenvalue weighted by Crippen LogP contribution is 2.46. The Hall–Kier alpha value is -0.980. The first kappa shape index (κ1) is 17.4. The minimum Gasteiger partial charge on any atom is -0.412 e. The molecule has 5 heteroatoms. The summed E-state index contributed by atoms with van der Waals surface area (Å²) in [5.74, 6) is 0.